The van der Waals surface area contributed by atoms with Gasteiger partial charge in [-0.3, -0.25) is 9.59 Å². The lowest BCUT2D eigenvalue weighted by Gasteiger charge is -2.36. The van der Waals surface area contributed by atoms with Crippen molar-refractivity contribution in [2.24, 2.45) is 11.8 Å². The van der Waals surface area contributed by atoms with Crippen LogP contribution in [-0.2, 0) is 25.2 Å². The number of nitrogens with zero attached hydrogens (tertiary/aromatic N) is 3. The lowest BCUT2D eigenvalue weighted by molar-refractivity contribution is -0.138. The van der Waals surface area contributed by atoms with Gasteiger partial charge in [-0.15, -0.1) is 0 Å². The molecule has 0 unspecified atom stereocenters. The van der Waals surface area contributed by atoms with Crippen LogP contribution < -0.4 is 10.2 Å². The third-order valence-electron chi connectivity index (χ3n) is 8.25. The number of fused-ring (bicyclic) bond motifs is 5. The average Bonchev–Trinajstić information content (AvgIpc) is 3.34. The number of likely N-dealkylation sites (tertiary alicyclic amines) is 1. The van der Waals surface area contributed by atoms with E-state index in [1.54, 1.807) is 13.8 Å². The number of carbonyl (C=O) groups is 3. The standard InChI is InChI=1S/C25H27F3N4O5/c1-23-11-17(30-22(35)36-15-6-8-31(3)9-7-15)24(2,37-23)19-18(23)20(33)32(21(19)34)14-5-4-13(12-29)16(10-14)25(26,27)28/h4-5,10,15,17-19H,6-9,11H2,1-3H3,(H,30,35)/t17-,18-,19+,23+,24-/m1/s1. The van der Waals surface area contributed by atoms with E-state index >= 15 is 0 Å². The number of halogens is 3. The van der Waals surface area contributed by atoms with Gasteiger partial charge in [0.2, 0.25) is 11.8 Å². The molecule has 9 nitrogen and oxygen atoms in total. The maximum Gasteiger partial charge on any atom is 0.417 e. The van der Waals surface area contributed by atoms with Crippen molar-refractivity contribution in [2.45, 2.75) is 62.6 Å². The summed E-state index contributed by atoms with van der Waals surface area (Å²) in [5.74, 6) is -3.28. The number of rotatable bonds is 3. The summed E-state index contributed by atoms with van der Waals surface area (Å²) >= 11 is 0. The number of benzene rings is 1. The minimum absolute atomic E-state index is 0.226. The molecule has 1 aromatic carbocycles. The minimum atomic E-state index is -4.84. The fourth-order valence-electron chi connectivity index (χ4n) is 6.44. The van der Waals surface area contributed by atoms with Crippen LogP contribution in [0, 0.1) is 23.2 Å². The van der Waals surface area contributed by atoms with E-state index in [9.17, 15) is 27.6 Å². The molecule has 0 saturated carbocycles. The zero-order chi connectivity index (χ0) is 26.9. The number of nitrogens with one attached hydrogen (secondary N) is 1. The van der Waals surface area contributed by atoms with Gasteiger partial charge in [0.15, 0.2) is 0 Å². The molecule has 0 spiro atoms. The number of hydrogen-bond acceptors (Lipinski definition) is 7. The monoisotopic (exact) mass is 520 g/mol. The summed E-state index contributed by atoms with van der Waals surface area (Å²) in [7, 11) is 1.99. The summed E-state index contributed by atoms with van der Waals surface area (Å²) < 4.78 is 52.4. The quantitative estimate of drug-likeness (QED) is 0.610. The lowest BCUT2D eigenvalue weighted by atomic mass is 9.66. The summed E-state index contributed by atoms with van der Waals surface area (Å²) in [6, 6.07) is 3.61. The summed E-state index contributed by atoms with van der Waals surface area (Å²) in [6.45, 7) is 4.93. The topological polar surface area (TPSA) is 112 Å². The summed E-state index contributed by atoms with van der Waals surface area (Å²) in [5, 5.41) is 11.9. The number of amides is 3. The van der Waals surface area contributed by atoms with Crippen molar-refractivity contribution in [1.29, 1.82) is 5.26 Å². The third-order valence-corrected chi connectivity index (χ3v) is 8.25. The molecule has 4 aliphatic heterocycles. The van der Waals surface area contributed by atoms with E-state index < -0.39 is 64.3 Å². The molecule has 1 aromatic rings. The van der Waals surface area contributed by atoms with Crippen molar-refractivity contribution in [1.82, 2.24) is 10.2 Å². The number of piperidine rings is 1. The maximum atomic E-state index is 13.6. The van der Waals surface area contributed by atoms with Gasteiger partial charge in [0.1, 0.15) is 6.10 Å². The highest BCUT2D eigenvalue weighted by Gasteiger charge is 2.76. The minimum Gasteiger partial charge on any atom is -0.446 e. The first-order valence-electron chi connectivity index (χ1n) is 12.1. The number of nitriles is 1. The molecule has 0 aliphatic carbocycles. The van der Waals surface area contributed by atoms with Crippen LogP contribution in [0.4, 0.5) is 23.7 Å². The molecule has 0 radical (unpaired) electrons. The van der Waals surface area contributed by atoms with E-state index in [0.29, 0.717) is 18.9 Å². The van der Waals surface area contributed by atoms with Crippen LogP contribution in [0.5, 0.6) is 0 Å². The molecule has 5 rings (SSSR count). The number of hydrogen-bond donors (Lipinski definition) is 1. The van der Waals surface area contributed by atoms with Crippen molar-refractivity contribution >= 4 is 23.6 Å². The van der Waals surface area contributed by atoms with Crippen molar-refractivity contribution in [3.05, 3.63) is 29.3 Å². The Bertz CT molecular complexity index is 1210. The molecule has 1 N–H and O–H groups in total. The summed E-state index contributed by atoms with van der Waals surface area (Å²) in [4.78, 5) is 42.6. The van der Waals surface area contributed by atoms with E-state index in [1.165, 1.54) is 6.07 Å². The average molecular weight is 521 g/mol. The normalized spacial score (nSPS) is 34.0. The number of alkyl halides is 3. The van der Waals surface area contributed by atoms with Gasteiger partial charge in [0.05, 0.1) is 52.0 Å². The highest BCUT2D eigenvalue weighted by Crippen LogP contribution is 2.61. The molecule has 3 amide bonds. The molecular formula is C25H27F3N4O5. The van der Waals surface area contributed by atoms with E-state index in [4.69, 9.17) is 14.7 Å². The summed E-state index contributed by atoms with van der Waals surface area (Å²) in [6.07, 6.45) is -4.05. The molecule has 4 fully saturated rings. The smallest absolute Gasteiger partial charge is 0.417 e. The molecular weight excluding hydrogens is 493 g/mol. The van der Waals surface area contributed by atoms with Gasteiger partial charge >= 0.3 is 12.3 Å². The Hall–Kier alpha value is -3.17. The number of alkyl carbamates (subject to hydrolysis) is 1. The molecule has 4 aliphatic rings. The van der Waals surface area contributed by atoms with Gasteiger partial charge in [-0.05, 0) is 51.9 Å². The van der Waals surface area contributed by atoms with Crippen molar-refractivity contribution in [3.8, 4) is 6.07 Å². The van der Waals surface area contributed by atoms with Crippen LogP contribution in [0.2, 0.25) is 0 Å². The molecule has 4 heterocycles. The molecule has 2 bridgehead atoms. The predicted molar refractivity (Wildman–Crippen MR) is 122 cm³/mol. The Morgan fingerprint density at radius 1 is 1.19 bits per heavy atom. The van der Waals surface area contributed by atoms with Gasteiger partial charge < -0.3 is 19.7 Å². The second kappa shape index (κ2) is 8.43. The molecule has 5 atom stereocenters. The molecule has 0 aromatic heterocycles. The number of ether oxygens (including phenoxy) is 2. The zero-order valence-electron chi connectivity index (χ0n) is 20.6. The van der Waals surface area contributed by atoms with Crippen LogP contribution in [0.15, 0.2) is 18.2 Å². The SMILES string of the molecule is CN1CCC(OC(=O)N[C@@H]2C[C@]3(C)O[C@@]2(C)[C@@H]2C(=O)N(c4ccc(C#N)c(C(F)(F)F)c4)C(=O)[C@@H]23)CC1. The lowest BCUT2D eigenvalue weighted by Crippen LogP contribution is -2.56. The Morgan fingerprint density at radius 2 is 1.84 bits per heavy atom. The first-order chi connectivity index (χ1) is 17.3. The Kier molecular flexibility index (Phi) is 5.80. The Morgan fingerprint density at radius 3 is 2.46 bits per heavy atom. The predicted octanol–water partition coefficient (Wildman–Crippen LogP) is 2.82. The third kappa shape index (κ3) is 3.95. The van der Waals surface area contributed by atoms with Crippen LogP contribution in [-0.4, -0.2) is 66.3 Å². The van der Waals surface area contributed by atoms with E-state index in [-0.39, 0.29) is 18.2 Å². The van der Waals surface area contributed by atoms with Crippen LogP contribution >= 0.6 is 0 Å². The van der Waals surface area contributed by atoms with Crippen LogP contribution in [0.3, 0.4) is 0 Å². The zero-order valence-corrected chi connectivity index (χ0v) is 20.6. The van der Waals surface area contributed by atoms with E-state index in [1.807, 2.05) is 7.05 Å². The fourth-order valence-corrected chi connectivity index (χ4v) is 6.44. The van der Waals surface area contributed by atoms with Crippen molar-refractivity contribution < 1.29 is 37.0 Å². The number of carbonyl (C=O) groups excluding carboxylic acids is 3. The fraction of sp³-hybridized carbons (Fsp3) is 0.600. The highest BCUT2D eigenvalue weighted by molar-refractivity contribution is 6.23. The van der Waals surface area contributed by atoms with E-state index in [2.05, 4.69) is 10.2 Å². The van der Waals surface area contributed by atoms with Crippen LogP contribution in [0.25, 0.3) is 0 Å². The van der Waals surface area contributed by atoms with Gasteiger partial charge in [-0.2, -0.15) is 18.4 Å². The van der Waals surface area contributed by atoms with E-state index in [0.717, 1.165) is 30.1 Å². The first-order valence-corrected chi connectivity index (χ1v) is 12.1. The Labute approximate surface area is 211 Å². The largest absolute Gasteiger partial charge is 0.446 e. The molecule has 198 valence electrons. The molecule has 4 saturated heterocycles. The summed E-state index contributed by atoms with van der Waals surface area (Å²) in [5.41, 5.74) is -4.45. The van der Waals surface area contributed by atoms with Crippen molar-refractivity contribution in [3.63, 3.8) is 0 Å². The highest BCUT2D eigenvalue weighted by atomic mass is 19.4. The van der Waals surface area contributed by atoms with Gasteiger partial charge in [0, 0.05) is 19.5 Å². The van der Waals surface area contributed by atoms with Gasteiger partial charge in [0.25, 0.3) is 0 Å². The van der Waals surface area contributed by atoms with Crippen LogP contribution in [0.1, 0.15) is 44.2 Å². The second-order valence-electron chi connectivity index (χ2n) is 10.7. The second-order valence-corrected chi connectivity index (χ2v) is 10.7. The number of anilines is 1. The number of imide groups is 1. The first kappa shape index (κ1) is 25.5. The van der Waals surface area contributed by atoms with Crippen molar-refractivity contribution in [2.75, 3.05) is 25.0 Å². The molecule has 12 heteroatoms. The van der Waals surface area contributed by atoms with Gasteiger partial charge in [-0.25, -0.2) is 9.69 Å². The Balaban J connectivity index is 1.39. The maximum absolute atomic E-state index is 13.6. The van der Waals surface area contributed by atoms with Gasteiger partial charge in [-0.1, -0.05) is 0 Å². The molecule has 37 heavy (non-hydrogen) atoms.